The molecule has 1 amide bonds. The third kappa shape index (κ3) is 4.36. The molecule has 1 aromatic heterocycles. The van der Waals surface area contributed by atoms with E-state index in [2.05, 4.69) is 15.6 Å². The van der Waals surface area contributed by atoms with E-state index in [4.69, 9.17) is 16.3 Å². The zero-order valence-corrected chi connectivity index (χ0v) is 12.6. The molecule has 2 rings (SSSR count). The van der Waals surface area contributed by atoms with E-state index in [-0.39, 0.29) is 12.5 Å². The van der Waals surface area contributed by atoms with E-state index in [1.54, 1.807) is 37.6 Å². The second-order valence-electron chi connectivity index (χ2n) is 4.45. The molecule has 2 N–H and O–H groups in total. The number of nitrogens with zero attached hydrogens (tertiary/aromatic N) is 1. The molecule has 0 radical (unpaired) electrons. The number of nitrogens with one attached hydrogen (secondary N) is 2. The Balaban J connectivity index is 1.91. The number of amides is 1. The molecule has 5 nitrogen and oxygen atoms in total. The predicted octanol–water partition coefficient (Wildman–Crippen LogP) is 3.10. The number of carbonyl (C=O) groups is 1. The van der Waals surface area contributed by atoms with Crippen LogP contribution in [-0.2, 0) is 4.79 Å². The van der Waals surface area contributed by atoms with E-state index in [0.29, 0.717) is 16.6 Å². The molecule has 2 aromatic rings. The molecule has 0 bridgehead atoms. The second kappa shape index (κ2) is 6.95. The Morgan fingerprint density at radius 3 is 2.81 bits per heavy atom. The molecule has 0 saturated heterocycles. The highest BCUT2D eigenvalue weighted by Gasteiger charge is 2.05. The van der Waals surface area contributed by atoms with Crippen molar-refractivity contribution in [2.75, 3.05) is 24.3 Å². The maximum atomic E-state index is 11.9. The lowest BCUT2D eigenvalue weighted by atomic mass is 10.2. The molecular weight excluding hydrogens is 290 g/mol. The maximum Gasteiger partial charge on any atom is 0.243 e. The topological polar surface area (TPSA) is 63.2 Å². The smallest absolute Gasteiger partial charge is 0.243 e. The second-order valence-corrected chi connectivity index (χ2v) is 4.89. The van der Waals surface area contributed by atoms with Gasteiger partial charge in [-0.2, -0.15) is 0 Å². The highest BCUT2D eigenvalue weighted by atomic mass is 35.5. The Hall–Kier alpha value is -2.27. The summed E-state index contributed by atoms with van der Waals surface area (Å²) in [5.74, 6) is 0.371. The number of aromatic nitrogens is 1. The van der Waals surface area contributed by atoms with Gasteiger partial charge in [-0.3, -0.25) is 4.79 Å². The summed E-state index contributed by atoms with van der Waals surface area (Å²) in [6.45, 7) is 2.05. The van der Waals surface area contributed by atoms with Crippen molar-refractivity contribution in [2.24, 2.45) is 0 Å². The van der Waals surface area contributed by atoms with Gasteiger partial charge in [0.05, 0.1) is 25.5 Å². The number of aryl methyl sites for hydroxylation is 1. The summed E-state index contributed by atoms with van der Waals surface area (Å²) >= 11 is 5.91. The lowest BCUT2D eigenvalue weighted by Gasteiger charge is -2.10. The van der Waals surface area contributed by atoms with E-state index < -0.39 is 0 Å². The molecule has 0 aliphatic heterocycles. The molecule has 0 atom stereocenters. The largest absolute Gasteiger partial charge is 0.481 e. The minimum absolute atomic E-state index is 0.139. The van der Waals surface area contributed by atoms with Crippen molar-refractivity contribution in [3.05, 3.63) is 47.1 Å². The van der Waals surface area contributed by atoms with Crippen LogP contribution in [0.2, 0.25) is 5.02 Å². The van der Waals surface area contributed by atoms with Gasteiger partial charge in [-0.15, -0.1) is 0 Å². The molecule has 1 aromatic carbocycles. The average Bonchev–Trinajstić information content (AvgIpc) is 2.49. The van der Waals surface area contributed by atoms with Crippen LogP contribution >= 0.6 is 11.6 Å². The van der Waals surface area contributed by atoms with Gasteiger partial charge in [-0.05, 0) is 30.7 Å². The minimum Gasteiger partial charge on any atom is -0.481 e. The van der Waals surface area contributed by atoms with Crippen LogP contribution in [0.3, 0.4) is 0 Å². The number of ether oxygens (including phenoxy) is 1. The van der Waals surface area contributed by atoms with Crippen LogP contribution in [-0.4, -0.2) is 24.5 Å². The maximum absolute atomic E-state index is 11.9. The van der Waals surface area contributed by atoms with Crippen molar-refractivity contribution in [3.8, 4) is 5.88 Å². The summed E-state index contributed by atoms with van der Waals surface area (Å²) in [7, 11) is 1.55. The molecule has 21 heavy (non-hydrogen) atoms. The molecule has 0 unspecified atom stereocenters. The summed E-state index contributed by atoms with van der Waals surface area (Å²) in [5.41, 5.74) is 2.41. The quantitative estimate of drug-likeness (QED) is 0.891. The van der Waals surface area contributed by atoms with Gasteiger partial charge in [0.1, 0.15) is 0 Å². The number of halogens is 1. The Morgan fingerprint density at radius 1 is 1.33 bits per heavy atom. The first-order valence-electron chi connectivity index (χ1n) is 6.38. The van der Waals surface area contributed by atoms with Crippen LogP contribution in [0.5, 0.6) is 5.88 Å². The SMILES string of the molecule is COc1ccc(NCC(=O)Nc2cc(Cl)ccc2C)cn1. The van der Waals surface area contributed by atoms with E-state index >= 15 is 0 Å². The lowest BCUT2D eigenvalue weighted by molar-refractivity contribution is -0.114. The van der Waals surface area contributed by atoms with Crippen LogP contribution in [0.4, 0.5) is 11.4 Å². The van der Waals surface area contributed by atoms with E-state index in [0.717, 1.165) is 11.3 Å². The fourth-order valence-electron chi connectivity index (χ4n) is 1.71. The average molecular weight is 306 g/mol. The first-order chi connectivity index (χ1) is 10.1. The molecular formula is C15H16ClN3O2. The van der Waals surface area contributed by atoms with Crippen molar-refractivity contribution in [1.82, 2.24) is 4.98 Å². The van der Waals surface area contributed by atoms with Gasteiger partial charge in [0.15, 0.2) is 0 Å². The molecule has 6 heteroatoms. The normalized spacial score (nSPS) is 10.0. The van der Waals surface area contributed by atoms with Gasteiger partial charge >= 0.3 is 0 Å². The number of rotatable bonds is 5. The number of carbonyl (C=O) groups excluding carboxylic acids is 1. The van der Waals surface area contributed by atoms with Crippen LogP contribution in [0, 0.1) is 6.92 Å². The third-order valence-electron chi connectivity index (χ3n) is 2.87. The zero-order valence-electron chi connectivity index (χ0n) is 11.8. The molecule has 1 heterocycles. The Morgan fingerprint density at radius 2 is 2.14 bits per heavy atom. The Labute approximate surface area is 128 Å². The van der Waals surface area contributed by atoms with Crippen molar-refractivity contribution in [1.29, 1.82) is 0 Å². The monoisotopic (exact) mass is 305 g/mol. The summed E-state index contributed by atoms with van der Waals surface area (Å²) in [6.07, 6.45) is 1.61. The van der Waals surface area contributed by atoms with Gasteiger partial charge in [-0.25, -0.2) is 4.98 Å². The van der Waals surface area contributed by atoms with Crippen LogP contribution in [0.15, 0.2) is 36.5 Å². The number of hydrogen-bond acceptors (Lipinski definition) is 4. The molecule has 110 valence electrons. The highest BCUT2D eigenvalue weighted by Crippen LogP contribution is 2.20. The fourth-order valence-corrected chi connectivity index (χ4v) is 1.88. The molecule has 0 aliphatic carbocycles. The summed E-state index contributed by atoms with van der Waals surface area (Å²) in [6, 6.07) is 8.89. The van der Waals surface area contributed by atoms with Gasteiger partial charge in [-0.1, -0.05) is 17.7 Å². The fraction of sp³-hybridized carbons (Fsp3) is 0.200. The number of anilines is 2. The first kappa shape index (κ1) is 15.1. The van der Waals surface area contributed by atoms with Gasteiger partial charge in [0, 0.05) is 16.8 Å². The number of methoxy groups -OCH3 is 1. The summed E-state index contributed by atoms with van der Waals surface area (Å²) in [5, 5.41) is 6.39. The zero-order chi connectivity index (χ0) is 15.2. The molecule has 0 spiro atoms. The summed E-state index contributed by atoms with van der Waals surface area (Å²) < 4.78 is 4.97. The van der Waals surface area contributed by atoms with Crippen LogP contribution in [0.25, 0.3) is 0 Å². The number of benzene rings is 1. The minimum atomic E-state index is -0.156. The Bertz CT molecular complexity index is 629. The van der Waals surface area contributed by atoms with Crippen molar-refractivity contribution >= 4 is 28.9 Å². The lowest BCUT2D eigenvalue weighted by Crippen LogP contribution is -2.22. The van der Waals surface area contributed by atoms with Crippen molar-refractivity contribution < 1.29 is 9.53 Å². The predicted molar refractivity (Wildman–Crippen MR) is 84.1 cm³/mol. The Kier molecular flexibility index (Phi) is 5.00. The summed E-state index contributed by atoms with van der Waals surface area (Å²) in [4.78, 5) is 16.0. The third-order valence-corrected chi connectivity index (χ3v) is 3.11. The molecule has 0 fully saturated rings. The van der Waals surface area contributed by atoms with Gasteiger partial charge < -0.3 is 15.4 Å². The van der Waals surface area contributed by atoms with Crippen molar-refractivity contribution in [3.63, 3.8) is 0 Å². The first-order valence-corrected chi connectivity index (χ1v) is 6.76. The highest BCUT2D eigenvalue weighted by molar-refractivity contribution is 6.31. The molecule has 0 saturated carbocycles. The number of pyridine rings is 1. The standard InChI is InChI=1S/C15H16ClN3O2/c1-10-3-4-11(16)7-13(10)19-14(20)9-17-12-5-6-15(21-2)18-8-12/h3-8,17H,9H2,1-2H3,(H,19,20). The molecule has 0 aliphatic rings. The van der Waals surface area contributed by atoms with E-state index in [9.17, 15) is 4.79 Å². The van der Waals surface area contributed by atoms with Crippen LogP contribution in [0.1, 0.15) is 5.56 Å². The van der Waals surface area contributed by atoms with Gasteiger partial charge in [0.2, 0.25) is 11.8 Å². The van der Waals surface area contributed by atoms with Gasteiger partial charge in [0.25, 0.3) is 0 Å². The van der Waals surface area contributed by atoms with E-state index in [1.165, 1.54) is 0 Å². The van der Waals surface area contributed by atoms with Crippen LogP contribution < -0.4 is 15.4 Å². The van der Waals surface area contributed by atoms with Crippen molar-refractivity contribution in [2.45, 2.75) is 6.92 Å². The number of hydrogen-bond donors (Lipinski definition) is 2. The van der Waals surface area contributed by atoms with E-state index in [1.807, 2.05) is 13.0 Å².